The minimum absolute atomic E-state index is 0.122. The molecular weight excluding hydrogens is 380 g/mol. The Morgan fingerprint density at radius 1 is 1.11 bits per heavy atom. The Balaban J connectivity index is 1.73. The summed E-state index contributed by atoms with van der Waals surface area (Å²) in [5, 5.41) is 2.89. The van der Waals surface area contributed by atoms with Crippen molar-refractivity contribution < 1.29 is 17.9 Å². The van der Waals surface area contributed by atoms with E-state index in [0.29, 0.717) is 37.6 Å². The average Bonchev–Trinajstić information content (AvgIpc) is 2.70. The molecule has 3 rings (SSSR count). The van der Waals surface area contributed by atoms with E-state index < -0.39 is 10.0 Å². The van der Waals surface area contributed by atoms with Crippen LogP contribution in [-0.2, 0) is 19.6 Å². The molecule has 2 heterocycles. The van der Waals surface area contributed by atoms with Gasteiger partial charge in [-0.3, -0.25) is 9.69 Å². The molecule has 0 spiro atoms. The van der Waals surface area contributed by atoms with Crippen LogP contribution in [0.3, 0.4) is 0 Å². The van der Waals surface area contributed by atoms with Crippen LogP contribution < -0.4 is 5.32 Å². The number of sulfonamides is 1. The maximum absolute atomic E-state index is 13.0. The highest BCUT2D eigenvalue weighted by atomic mass is 32.2. The van der Waals surface area contributed by atoms with Crippen molar-refractivity contribution in [3.8, 4) is 0 Å². The second kappa shape index (κ2) is 8.87. The Bertz CT molecular complexity index is 800. The smallest absolute Gasteiger partial charge is 0.243 e. The summed E-state index contributed by atoms with van der Waals surface area (Å²) in [6.45, 7) is 8.71. The Morgan fingerprint density at radius 3 is 2.39 bits per heavy atom. The van der Waals surface area contributed by atoms with Gasteiger partial charge in [-0.25, -0.2) is 8.42 Å². The fourth-order valence-electron chi connectivity index (χ4n) is 3.50. The summed E-state index contributed by atoms with van der Waals surface area (Å²) in [5.41, 5.74) is 1.17. The lowest BCUT2D eigenvalue weighted by Gasteiger charge is -2.35. The number of carbonyl (C=O) groups is 1. The summed E-state index contributed by atoms with van der Waals surface area (Å²) < 4.78 is 32.7. The van der Waals surface area contributed by atoms with Crippen LogP contribution in [0.4, 0.5) is 5.69 Å². The number of piperazine rings is 1. The standard InChI is InChI=1S/C19H30N4O4S/c1-15-4-5-17(14-18(15)28(25,26)23-10-12-27-13-11-23)20-19(24)16(2)22-8-6-21(3)7-9-22/h4-5,14,16H,6-13H2,1-3H3,(H,20,24)/t16-/m0/s1. The number of nitrogens with zero attached hydrogens (tertiary/aromatic N) is 3. The molecule has 1 amide bonds. The number of anilines is 1. The topological polar surface area (TPSA) is 82.2 Å². The number of morpholine rings is 1. The van der Waals surface area contributed by atoms with Gasteiger partial charge in [-0.05, 0) is 38.6 Å². The Hall–Kier alpha value is -1.52. The first-order valence-electron chi connectivity index (χ1n) is 9.71. The zero-order valence-corrected chi connectivity index (χ0v) is 17.7. The summed E-state index contributed by atoms with van der Waals surface area (Å²) in [5.74, 6) is -0.122. The van der Waals surface area contributed by atoms with E-state index in [4.69, 9.17) is 4.74 Å². The van der Waals surface area contributed by atoms with E-state index >= 15 is 0 Å². The molecule has 156 valence electrons. The number of nitrogens with one attached hydrogen (secondary N) is 1. The van der Waals surface area contributed by atoms with Crippen molar-refractivity contribution in [2.45, 2.75) is 24.8 Å². The van der Waals surface area contributed by atoms with Crippen LogP contribution in [0.1, 0.15) is 12.5 Å². The SMILES string of the molecule is Cc1ccc(NC(=O)[C@H](C)N2CCN(C)CC2)cc1S(=O)(=O)N1CCOCC1. The molecule has 8 nitrogen and oxygen atoms in total. The molecule has 9 heteroatoms. The largest absolute Gasteiger partial charge is 0.379 e. The van der Waals surface area contributed by atoms with Crippen molar-refractivity contribution in [2.24, 2.45) is 0 Å². The Morgan fingerprint density at radius 2 is 1.75 bits per heavy atom. The lowest BCUT2D eigenvalue weighted by atomic mass is 10.2. The highest BCUT2D eigenvalue weighted by Crippen LogP contribution is 2.24. The molecule has 0 bridgehead atoms. The maximum Gasteiger partial charge on any atom is 0.243 e. The van der Waals surface area contributed by atoms with Crippen LogP contribution in [0.25, 0.3) is 0 Å². The second-order valence-electron chi connectivity index (χ2n) is 7.50. The zero-order valence-electron chi connectivity index (χ0n) is 16.8. The van der Waals surface area contributed by atoms with E-state index in [1.165, 1.54) is 4.31 Å². The second-order valence-corrected chi connectivity index (χ2v) is 9.41. The van der Waals surface area contributed by atoms with Crippen molar-refractivity contribution in [2.75, 3.05) is 64.8 Å². The quantitative estimate of drug-likeness (QED) is 0.765. The van der Waals surface area contributed by atoms with Gasteiger partial charge in [-0.1, -0.05) is 6.07 Å². The summed E-state index contributed by atoms with van der Waals surface area (Å²) >= 11 is 0. The molecule has 1 aromatic rings. The summed E-state index contributed by atoms with van der Waals surface area (Å²) in [4.78, 5) is 17.3. The highest BCUT2D eigenvalue weighted by molar-refractivity contribution is 7.89. The van der Waals surface area contributed by atoms with Crippen molar-refractivity contribution >= 4 is 21.6 Å². The summed E-state index contributed by atoms with van der Waals surface area (Å²) in [7, 11) is -1.54. The molecule has 0 aliphatic carbocycles. The van der Waals surface area contributed by atoms with Crippen LogP contribution in [0.15, 0.2) is 23.1 Å². The first-order valence-corrected chi connectivity index (χ1v) is 11.1. The van der Waals surface area contributed by atoms with Gasteiger partial charge in [0.2, 0.25) is 15.9 Å². The van der Waals surface area contributed by atoms with Crippen LogP contribution >= 0.6 is 0 Å². The predicted molar refractivity (Wildman–Crippen MR) is 108 cm³/mol. The van der Waals surface area contributed by atoms with E-state index in [9.17, 15) is 13.2 Å². The van der Waals surface area contributed by atoms with Gasteiger partial charge in [0.1, 0.15) is 0 Å². The van der Waals surface area contributed by atoms with Crippen molar-refractivity contribution in [3.05, 3.63) is 23.8 Å². The van der Waals surface area contributed by atoms with E-state index in [-0.39, 0.29) is 16.8 Å². The number of rotatable bonds is 5. The van der Waals surface area contributed by atoms with Gasteiger partial charge in [-0.2, -0.15) is 4.31 Å². The molecule has 1 atom stereocenters. The molecule has 0 unspecified atom stereocenters. The molecule has 2 aliphatic rings. The Labute approximate surface area is 167 Å². The van der Waals surface area contributed by atoms with Crippen molar-refractivity contribution in [1.29, 1.82) is 0 Å². The number of hydrogen-bond acceptors (Lipinski definition) is 6. The lowest BCUT2D eigenvalue weighted by molar-refractivity contribution is -0.121. The average molecular weight is 411 g/mol. The third kappa shape index (κ3) is 4.72. The van der Waals surface area contributed by atoms with Crippen molar-refractivity contribution in [1.82, 2.24) is 14.1 Å². The van der Waals surface area contributed by atoms with Gasteiger partial charge in [0.05, 0.1) is 24.2 Å². The summed E-state index contributed by atoms with van der Waals surface area (Å²) in [6, 6.07) is 4.79. The number of amides is 1. The van der Waals surface area contributed by atoms with E-state index in [1.807, 2.05) is 6.92 Å². The van der Waals surface area contributed by atoms with Crippen molar-refractivity contribution in [3.63, 3.8) is 0 Å². The van der Waals surface area contributed by atoms with Crippen LogP contribution in [-0.4, -0.2) is 94.0 Å². The highest BCUT2D eigenvalue weighted by Gasteiger charge is 2.29. The van der Waals surface area contributed by atoms with Crippen LogP contribution in [0.2, 0.25) is 0 Å². The monoisotopic (exact) mass is 410 g/mol. The minimum atomic E-state index is -3.61. The number of ether oxygens (including phenoxy) is 1. The van der Waals surface area contributed by atoms with Gasteiger partial charge in [0.25, 0.3) is 0 Å². The van der Waals surface area contributed by atoms with Crippen LogP contribution in [0, 0.1) is 6.92 Å². The summed E-state index contributed by atoms with van der Waals surface area (Å²) in [6.07, 6.45) is 0. The number of hydrogen-bond donors (Lipinski definition) is 1. The van der Waals surface area contributed by atoms with E-state index in [2.05, 4.69) is 22.2 Å². The molecule has 0 aromatic heterocycles. The molecule has 28 heavy (non-hydrogen) atoms. The first-order chi connectivity index (χ1) is 13.3. The van der Waals surface area contributed by atoms with E-state index in [1.54, 1.807) is 25.1 Å². The fraction of sp³-hybridized carbons (Fsp3) is 0.632. The molecule has 2 aliphatic heterocycles. The van der Waals surface area contributed by atoms with E-state index in [0.717, 1.165) is 26.2 Å². The molecular formula is C19H30N4O4S. The van der Waals surface area contributed by atoms with Gasteiger partial charge in [-0.15, -0.1) is 0 Å². The zero-order chi connectivity index (χ0) is 20.3. The molecule has 2 saturated heterocycles. The first kappa shape index (κ1) is 21.2. The number of benzene rings is 1. The number of aryl methyl sites for hydroxylation is 1. The normalized spacial score (nSPS) is 21.4. The molecule has 1 aromatic carbocycles. The van der Waals surface area contributed by atoms with Gasteiger partial charge in [0, 0.05) is 45.0 Å². The fourth-order valence-corrected chi connectivity index (χ4v) is 5.16. The number of carbonyl (C=O) groups excluding carboxylic acids is 1. The van der Waals surface area contributed by atoms with Gasteiger partial charge in [0.15, 0.2) is 0 Å². The van der Waals surface area contributed by atoms with Gasteiger partial charge < -0.3 is 15.0 Å². The molecule has 2 fully saturated rings. The Kier molecular flexibility index (Phi) is 6.72. The number of likely N-dealkylation sites (N-methyl/N-ethyl adjacent to an activating group) is 1. The molecule has 0 saturated carbocycles. The third-order valence-corrected chi connectivity index (χ3v) is 7.55. The molecule has 1 N–H and O–H groups in total. The minimum Gasteiger partial charge on any atom is -0.379 e. The maximum atomic E-state index is 13.0. The third-order valence-electron chi connectivity index (χ3n) is 5.51. The van der Waals surface area contributed by atoms with Gasteiger partial charge >= 0.3 is 0 Å². The molecule has 0 radical (unpaired) electrons. The van der Waals surface area contributed by atoms with Crippen LogP contribution in [0.5, 0.6) is 0 Å². The predicted octanol–water partition coefficient (Wildman–Crippen LogP) is 0.590. The lowest BCUT2D eigenvalue weighted by Crippen LogP contribution is -2.51.